The molecule has 0 radical (unpaired) electrons. The summed E-state index contributed by atoms with van der Waals surface area (Å²) in [7, 11) is 0. The lowest BCUT2D eigenvalue weighted by molar-refractivity contribution is 0.251. The molecule has 4 nitrogen and oxygen atoms in total. The monoisotopic (exact) mass is 328 g/mol. The lowest BCUT2D eigenvalue weighted by atomic mass is 10.2. The van der Waals surface area contributed by atoms with Gasteiger partial charge in [0.1, 0.15) is 0 Å². The Morgan fingerprint density at radius 2 is 2.17 bits per heavy atom. The predicted octanol–water partition coefficient (Wildman–Crippen LogP) is 4.02. The van der Waals surface area contributed by atoms with Crippen molar-refractivity contribution in [2.24, 2.45) is 0 Å². The summed E-state index contributed by atoms with van der Waals surface area (Å²) in [5.74, 6) is 0.380. The Bertz CT molecular complexity index is 557. The summed E-state index contributed by atoms with van der Waals surface area (Å²) >= 11 is 9.00. The van der Waals surface area contributed by atoms with Crippen molar-refractivity contribution in [1.29, 1.82) is 0 Å². The van der Waals surface area contributed by atoms with E-state index in [0.717, 1.165) is 5.56 Å². The second-order valence-corrected chi connectivity index (χ2v) is 4.76. The minimum atomic E-state index is -0.336. The molecule has 18 heavy (non-hydrogen) atoms. The number of anilines is 1. The van der Waals surface area contributed by atoms with Crippen molar-refractivity contribution < 1.29 is 9.21 Å². The van der Waals surface area contributed by atoms with Crippen molar-refractivity contribution >= 4 is 39.4 Å². The van der Waals surface area contributed by atoms with Crippen molar-refractivity contribution in [3.63, 3.8) is 0 Å². The molecule has 2 rings (SSSR count). The SMILES string of the molecule is O=C(NCc1cccc(Cl)c1)Nc1ccc(Br)o1. The van der Waals surface area contributed by atoms with Crippen molar-refractivity contribution in [3.8, 4) is 0 Å². The van der Waals surface area contributed by atoms with Gasteiger partial charge in [-0.25, -0.2) is 4.79 Å². The summed E-state index contributed by atoms with van der Waals surface area (Å²) in [4.78, 5) is 11.5. The maximum absolute atomic E-state index is 11.5. The van der Waals surface area contributed by atoms with E-state index in [1.807, 2.05) is 12.1 Å². The van der Waals surface area contributed by atoms with Crippen LogP contribution in [-0.2, 0) is 6.54 Å². The molecule has 0 fully saturated rings. The molecule has 0 spiro atoms. The first-order valence-electron chi connectivity index (χ1n) is 5.18. The number of furan rings is 1. The van der Waals surface area contributed by atoms with Crippen LogP contribution in [0.15, 0.2) is 45.5 Å². The summed E-state index contributed by atoms with van der Waals surface area (Å²) < 4.78 is 5.71. The highest BCUT2D eigenvalue weighted by molar-refractivity contribution is 9.10. The number of nitrogens with one attached hydrogen (secondary N) is 2. The summed E-state index contributed by atoms with van der Waals surface area (Å²) in [5, 5.41) is 5.91. The third-order valence-electron chi connectivity index (χ3n) is 2.15. The molecule has 0 unspecified atom stereocenters. The lowest BCUT2D eigenvalue weighted by Crippen LogP contribution is -2.27. The number of hydrogen-bond acceptors (Lipinski definition) is 2. The fourth-order valence-corrected chi connectivity index (χ4v) is 1.89. The summed E-state index contributed by atoms with van der Waals surface area (Å²) in [6.45, 7) is 0.397. The van der Waals surface area contributed by atoms with Gasteiger partial charge in [0.15, 0.2) is 4.67 Å². The molecule has 2 aromatic rings. The minimum absolute atomic E-state index is 0.336. The quantitative estimate of drug-likeness (QED) is 0.893. The maximum Gasteiger partial charge on any atom is 0.321 e. The van der Waals surface area contributed by atoms with Crippen molar-refractivity contribution in [3.05, 3.63) is 51.7 Å². The van der Waals surface area contributed by atoms with Crippen molar-refractivity contribution in [1.82, 2.24) is 5.32 Å². The maximum atomic E-state index is 11.5. The number of carbonyl (C=O) groups excluding carboxylic acids is 1. The second-order valence-electron chi connectivity index (χ2n) is 3.54. The predicted molar refractivity (Wildman–Crippen MR) is 73.7 cm³/mol. The molecule has 0 bridgehead atoms. The van der Waals surface area contributed by atoms with Crippen LogP contribution in [0.25, 0.3) is 0 Å². The molecule has 0 aliphatic rings. The molecule has 6 heteroatoms. The Kier molecular flexibility index (Phi) is 4.28. The largest absolute Gasteiger partial charge is 0.434 e. The summed E-state index contributed by atoms with van der Waals surface area (Å²) in [6, 6.07) is 10.3. The number of amides is 2. The van der Waals surface area contributed by atoms with Gasteiger partial charge in [-0.3, -0.25) is 5.32 Å². The topological polar surface area (TPSA) is 54.3 Å². The van der Waals surface area contributed by atoms with Crippen LogP contribution < -0.4 is 10.6 Å². The molecular formula is C12H10BrClN2O2. The zero-order chi connectivity index (χ0) is 13.0. The molecule has 1 aromatic heterocycles. The lowest BCUT2D eigenvalue weighted by Gasteiger charge is -2.05. The third-order valence-corrected chi connectivity index (χ3v) is 2.81. The van der Waals surface area contributed by atoms with Crippen LogP contribution in [0.4, 0.5) is 10.7 Å². The Morgan fingerprint density at radius 3 is 2.83 bits per heavy atom. The molecule has 0 aliphatic carbocycles. The first-order chi connectivity index (χ1) is 8.63. The third kappa shape index (κ3) is 3.78. The van der Waals surface area contributed by atoms with E-state index >= 15 is 0 Å². The first-order valence-corrected chi connectivity index (χ1v) is 6.35. The number of benzene rings is 1. The zero-order valence-electron chi connectivity index (χ0n) is 9.24. The molecule has 94 valence electrons. The van der Waals surface area contributed by atoms with Crippen LogP contribution in [-0.4, -0.2) is 6.03 Å². The summed E-state index contributed by atoms with van der Waals surface area (Å²) in [6.07, 6.45) is 0. The van der Waals surface area contributed by atoms with Gasteiger partial charge in [0.05, 0.1) is 0 Å². The van der Waals surface area contributed by atoms with Crippen LogP contribution in [0.2, 0.25) is 5.02 Å². The number of rotatable bonds is 3. The van der Waals surface area contributed by atoms with E-state index in [0.29, 0.717) is 22.1 Å². The molecule has 0 saturated heterocycles. The Labute approximate surface area is 117 Å². The zero-order valence-corrected chi connectivity index (χ0v) is 11.6. The fraction of sp³-hybridized carbons (Fsp3) is 0.0833. The number of halogens is 2. The first kappa shape index (κ1) is 13.0. The van der Waals surface area contributed by atoms with E-state index < -0.39 is 0 Å². The van der Waals surface area contributed by atoms with E-state index in [1.165, 1.54) is 0 Å². The fourth-order valence-electron chi connectivity index (χ4n) is 1.37. The van der Waals surface area contributed by atoms with Gasteiger partial charge in [-0.1, -0.05) is 23.7 Å². The smallest absolute Gasteiger partial charge is 0.321 e. The van der Waals surface area contributed by atoms with Gasteiger partial charge in [0.25, 0.3) is 0 Å². The van der Waals surface area contributed by atoms with Crippen LogP contribution in [0.5, 0.6) is 0 Å². The van der Waals surface area contributed by atoms with Gasteiger partial charge >= 0.3 is 6.03 Å². The molecule has 1 heterocycles. The van der Waals surface area contributed by atoms with E-state index in [2.05, 4.69) is 26.6 Å². The van der Waals surface area contributed by atoms with E-state index in [4.69, 9.17) is 16.0 Å². The normalized spacial score (nSPS) is 10.1. The van der Waals surface area contributed by atoms with Crippen LogP contribution >= 0.6 is 27.5 Å². The van der Waals surface area contributed by atoms with Crippen molar-refractivity contribution in [2.75, 3.05) is 5.32 Å². The standard InChI is InChI=1S/C12H10BrClN2O2/c13-10-4-5-11(18-10)16-12(17)15-7-8-2-1-3-9(14)6-8/h1-6H,7H2,(H2,15,16,17). The van der Waals surface area contributed by atoms with Gasteiger partial charge < -0.3 is 9.73 Å². The average molecular weight is 330 g/mol. The van der Waals surface area contributed by atoms with E-state index in [9.17, 15) is 4.79 Å². The minimum Gasteiger partial charge on any atom is -0.434 e. The van der Waals surface area contributed by atoms with Crippen LogP contribution in [0, 0.1) is 0 Å². The molecule has 2 N–H and O–H groups in total. The number of urea groups is 1. The van der Waals surface area contributed by atoms with Gasteiger partial charge in [-0.2, -0.15) is 0 Å². The Hall–Kier alpha value is -1.46. The average Bonchev–Trinajstić information content (AvgIpc) is 2.72. The van der Waals surface area contributed by atoms with Gasteiger partial charge in [0, 0.05) is 17.6 Å². The Morgan fingerprint density at radius 1 is 1.33 bits per heavy atom. The highest BCUT2D eigenvalue weighted by atomic mass is 79.9. The van der Waals surface area contributed by atoms with E-state index in [1.54, 1.807) is 24.3 Å². The number of hydrogen-bond donors (Lipinski definition) is 2. The highest BCUT2D eigenvalue weighted by Crippen LogP contribution is 2.18. The van der Waals surface area contributed by atoms with Crippen LogP contribution in [0.3, 0.4) is 0 Å². The molecule has 0 aliphatic heterocycles. The van der Waals surface area contributed by atoms with Crippen LogP contribution in [0.1, 0.15) is 5.56 Å². The second kappa shape index (κ2) is 5.93. The van der Waals surface area contributed by atoms with Gasteiger partial charge in [0.2, 0.25) is 5.88 Å². The molecule has 0 saturated carbocycles. The molecular weight excluding hydrogens is 320 g/mol. The highest BCUT2D eigenvalue weighted by Gasteiger charge is 2.05. The molecule has 0 atom stereocenters. The van der Waals surface area contributed by atoms with Crippen molar-refractivity contribution in [2.45, 2.75) is 6.54 Å². The van der Waals surface area contributed by atoms with E-state index in [-0.39, 0.29) is 6.03 Å². The Balaban J connectivity index is 1.85. The molecule has 1 aromatic carbocycles. The summed E-state index contributed by atoms with van der Waals surface area (Å²) in [5.41, 5.74) is 0.929. The van der Waals surface area contributed by atoms with Gasteiger partial charge in [-0.15, -0.1) is 0 Å². The van der Waals surface area contributed by atoms with Gasteiger partial charge in [-0.05, 0) is 39.7 Å². The number of carbonyl (C=O) groups is 1. The molecule has 2 amide bonds.